The number of nitrogens with one attached hydrogen (secondary N) is 1. The van der Waals surface area contributed by atoms with Crippen molar-refractivity contribution in [3.05, 3.63) is 90.0 Å². The summed E-state index contributed by atoms with van der Waals surface area (Å²) in [5, 5.41) is 14.5. The molecule has 4 rings (SSSR count). The summed E-state index contributed by atoms with van der Waals surface area (Å²) in [5.74, 6) is -0.900. The van der Waals surface area contributed by atoms with Crippen LogP contribution in [0.15, 0.2) is 78.9 Å². The standard InChI is InChI=1S/C25H20N2O4/c1-2-31-23-10-6-4-8-19(23)22-15-20(18-7-3-5-9-21(18)27-22)24(28)26-17-13-11-16(12-14-17)25(29)30/h3-15H,2H2,1H3,(H,26,28)(H,29,30)/p-1. The lowest BCUT2D eigenvalue weighted by Crippen LogP contribution is -2.22. The summed E-state index contributed by atoms with van der Waals surface area (Å²) in [6.45, 7) is 2.43. The average Bonchev–Trinajstić information content (AvgIpc) is 2.79. The van der Waals surface area contributed by atoms with Crippen LogP contribution >= 0.6 is 0 Å². The number of aromatic carboxylic acids is 1. The average molecular weight is 411 g/mol. The van der Waals surface area contributed by atoms with Crippen LogP contribution in [0.5, 0.6) is 5.75 Å². The minimum absolute atomic E-state index is 0.0437. The van der Waals surface area contributed by atoms with Crippen LogP contribution in [-0.2, 0) is 0 Å². The third-order valence-corrected chi connectivity index (χ3v) is 4.80. The number of para-hydroxylation sites is 2. The molecule has 0 atom stereocenters. The number of anilines is 1. The summed E-state index contributed by atoms with van der Waals surface area (Å²) in [5.41, 5.74) is 3.08. The molecule has 6 nitrogen and oxygen atoms in total. The van der Waals surface area contributed by atoms with Gasteiger partial charge in [-0.25, -0.2) is 4.98 Å². The molecular weight excluding hydrogens is 392 g/mol. The molecule has 0 unspecified atom stereocenters. The van der Waals surface area contributed by atoms with Gasteiger partial charge in [0.05, 0.1) is 29.4 Å². The molecule has 4 aromatic rings. The van der Waals surface area contributed by atoms with Crippen molar-refractivity contribution in [1.82, 2.24) is 4.98 Å². The third-order valence-electron chi connectivity index (χ3n) is 4.80. The van der Waals surface area contributed by atoms with Gasteiger partial charge < -0.3 is 20.0 Å². The number of carbonyl (C=O) groups is 2. The van der Waals surface area contributed by atoms with Gasteiger partial charge in [0.1, 0.15) is 5.75 Å². The zero-order valence-corrected chi connectivity index (χ0v) is 16.8. The molecule has 0 aliphatic heterocycles. The maximum atomic E-state index is 13.1. The predicted molar refractivity (Wildman–Crippen MR) is 117 cm³/mol. The Labute approximate surface area is 179 Å². The van der Waals surface area contributed by atoms with Gasteiger partial charge in [0.2, 0.25) is 0 Å². The molecule has 1 aromatic heterocycles. The van der Waals surface area contributed by atoms with E-state index in [2.05, 4.69) is 5.32 Å². The molecule has 6 heteroatoms. The Morgan fingerprint density at radius 2 is 1.68 bits per heavy atom. The van der Waals surface area contributed by atoms with Crippen LogP contribution in [0.1, 0.15) is 27.6 Å². The van der Waals surface area contributed by atoms with Crippen molar-refractivity contribution in [1.29, 1.82) is 0 Å². The number of aromatic nitrogens is 1. The van der Waals surface area contributed by atoms with Gasteiger partial charge in [0, 0.05) is 16.6 Å². The monoisotopic (exact) mass is 411 g/mol. The molecular formula is C25H19N2O4-. The Balaban J connectivity index is 1.76. The van der Waals surface area contributed by atoms with E-state index in [-0.39, 0.29) is 11.5 Å². The number of carboxylic acid groups (broad SMARTS) is 1. The van der Waals surface area contributed by atoms with Gasteiger partial charge in [-0.2, -0.15) is 0 Å². The largest absolute Gasteiger partial charge is 0.545 e. The van der Waals surface area contributed by atoms with Crippen molar-refractivity contribution >= 4 is 28.5 Å². The topological polar surface area (TPSA) is 91.3 Å². The van der Waals surface area contributed by atoms with E-state index < -0.39 is 5.97 Å². The normalized spacial score (nSPS) is 10.6. The number of pyridine rings is 1. The number of carboxylic acids is 1. The van der Waals surface area contributed by atoms with Crippen LogP contribution in [0.3, 0.4) is 0 Å². The number of benzene rings is 3. The zero-order chi connectivity index (χ0) is 21.8. The number of ether oxygens (including phenoxy) is 1. The van der Waals surface area contributed by atoms with Gasteiger partial charge in [-0.3, -0.25) is 4.79 Å². The van der Waals surface area contributed by atoms with Gasteiger partial charge in [0.15, 0.2) is 0 Å². The first kappa shape index (κ1) is 20.1. The Morgan fingerprint density at radius 3 is 2.42 bits per heavy atom. The van der Waals surface area contributed by atoms with Crippen molar-refractivity contribution in [2.24, 2.45) is 0 Å². The molecule has 0 saturated heterocycles. The minimum atomic E-state index is -1.27. The van der Waals surface area contributed by atoms with Crippen molar-refractivity contribution in [2.45, 2.75) is 6.92 Å². The molecule has 0 spiro atoms. The smallest absolute Gasteiger partial charge is 0.256 e. The first-order chi connectivity index (χ1) is 15.1. The molecule has 31 heavy (non-hydrogen) atoms. The number of nitrogens with zero attached hydrogens (tertiary/aromatic N) is 1. The fraction of sp³-hybridized carbons (Fsp3) is 0.0800. The van der Waals surface area contributed by atoms with Gasteiger partial charge in [-0.15, -0.1) is 0 Å². The molecule has 0 aliphatic rings. The molecule has 1 heterocycles. The highest BCUT2D eigenvalue weighted by atomic mass is 16.5. The van der Waals surface area contributed by atoms with E-state index in [1.54, 1.807) is 6.07 Å². The number of hydrogen-bond acceptors (Lipinski definition) is 5. The van der Waals surface area contributed by atoms with Crippen LogP contribution < -0.4 is 15.2 Å². The lowest BCUT2D eigenvalue weighted by Gasteiger charge is -2.13. The summed E-state index contributed by atoms with van der Waals surface area (Å²) in [6, 6.07) is 22.5. The van der Waals surface area contributed by atoms with Crippen LogP contribution in [0.25, 0.3) is 22.2 Å². The minimum Gasteiger partial charge on any atom is -0.545 e. The van der Waals surface area contributed by atoms with E-state index in [4.69, 9.17) is 9.72 Å². The Bertz CT molecular complexity index is 1270. The van der Waals surface area contributed by atoms with Crippen molar-refractivity contribution < 1.29 is 19.4 Å². The van der Waals surface area contributed by atoms with E-state index in [9.17, 15) is 14.7 Å². The molecule has 0 bridgehead atoms. The lowest BCUT2D eigenvalue weighted by atomic mass is 10.0. The molecule has 0 radical (unpaired) electrons. The van der Waals surface area contributed by atoms with E-state index >= 15 is 0 Å². The maximum absolute atomic E-state index is 13.1. The molecule has 154 valence electrons. The van der Waals surface area contributed by atoms with Gasteiger partial charge >= 0.3 is 0 Å². The highest BCUT2D eigenvalue weighted by molar-refractivity contribution is 6.13. The first-order valence-electron chi connectivity index (χ1n) is 9.81. The first-order valence-corrected chi connectivity index (χ1v) is 9.81. The quantitative estimate of drug-likeness (QED) is 0.519. The van der Waals surface area contributed by atoms with Crippen molar-refractivity contribution in [3.8, 4) is 17.0 Å². The molecule has 0 fully saturated rings. The highest BCUT2D eigenvalue weighted by Crippen LogP contribution is 2.31. The van der Waals surface area contributed by atoms with E-state index in [0.29, 0.717) is 40.2 Å². The van der Waals surface area contributed by atoms with E-state index in [1.165, 1.54) is 24.3 Å². The molecule has 0 saturated carbocycles. The second-order valence-corrected chi connectivity index (χ2v) is 6.82. The maximum Gasteiger partial charge on any atom is 0.256 e. The molecule has 3 aromatic carbocycles. The molecule has 1 N–H and O–H groups in total. The van der Waals surface area contributed by atoms with Crippen LogP contribution in [-0.4, -0.2) is 23.5 Å². The second-order valence-electron chi connectivity index (χ2n) is 6.82. The lowest BCUT2D eigenvalue weighted by molar-refractivity contribution is -0.255. The Kier molecular flexibility index (Phi) is 5.62. The summed E-state index contributed by atoms with van der Waals surface area (Å²) in [7, 11) is 0. The number of rotatable bonds is 6. The van der Waals surface area contributed by atoms with Gasteiger partial charge in [0.25, 0.3) is 5.91 Å². The van der Waals surface area contributed by atoms with E-state index in [0.717, 1.165) is 5.56 Å². The third kappa shape index (κ3) is 4.23. The zero-order valence-electron chi connectivity index (χ0n) is 16.8. The number of carbonyl (C=O) groups excluding carboxylic acids is 2. The number of hydrogen-bond donors (Lipinski definition) is 1. The predicted octanol–water partition coefficient (Wildman–Crippen LogP) is 3.92. The Hall–Kier alpha value is -4.19. The summed E-state index contributed by atoms with van der Waals surface area (Å²) in [6.07, 6.45) is 0. The van der Waals surface area contributed by atoms with Crippen molar-refractivity contribution in [3.63, 3.8) is 0 Å². The SMILES string of the molecule is CCOc1ccccc1-c1cc(C(=O)Nc2ccc(C(=O)[O-])cc2)c2ccccc2n1. The van der Waals surface area contributed by atoms with Crippen LogP contribution in [0.4, 0.5) is 5.69 Å². The van der Waals surface area contributed by atoms with E-state index in [1.807, 2.05) is 55.5 Å². The second kappa shape index (κ2) is 8.67. The van der Waals surface area contributed by atoms with Crippen LogP contribution in [0, 0.1) is 0 Å². The van der Waals surface area contributed by atoms with Gasteiger partial charge in [-0.05, 0) is 48.9 Å². The van der Waals surface area contributed by atoms with Crippen molar-refractivity contribution in [2.75, 3.05) is 11.9 Å². The number of amides is 1. The highest BCUT2D eigenvalue weighted by Gasteiger charge is 2.16. The number of fused-ring (bicyclic) bond motifs is 1. The Morgan fingerprint density at radius 1 is 0.968 bits per heavy atom. The fourth-order valence-electron chi connectivity index (χ4n) is 3.35. The molecule has 1 amide bonds. The summed E-state index contributed by atoms with van der Waals surface area (Å²) < 4.78 is 5.74. The summed E-state index contributed by atoms with van der Waals surface area (Å²) in [4.78, 5) is 28.8. The van der Waals surface area contributed by atoms with Gasteiger partial charge in [-0.1, -0.05) is 42.5 Å². The molecule has 0 aliphatic carbocycles. The fourth-order valence-corrected chi connectivity index (χ4v) is 3.35. The van der Waals surface area contributed by atoms with Crippen LogP contribution in [0.2, 0.25) is 0 Å². The summed E-state index contributed by atoms with van der Waals surface area (Å²) >= 11 is 0.